The number of carbonyl (C=O) groups is 1. The standard InChI is InChI=1S/C12H11FN2O2/c1-7-5-9(13)3-4-10(7)12(16)14-11-6-8(2)17-15-11/h3-6H,1-2H3,(H,14,15,16). The van der Waals surface area contributed by atoms with Gasteiger partial charge in [0.1, 0.15) is 11.6 Å². The highest BCUT2D eigenvalue weighted by Gasteiger charge is 2.11. The van der Waals surface area contributed by atoms with Gasteiger partial charge in [-0.15, -0.1) is 0 Å². The van der Waals surface area contributed by atoms with Crippen LogP contribution in [0.15, 0.2) is 28.8 Å². The number of nitrogens with zero attached hydrogens (tertiary/aromatic N) is 1. The minimum Gasteiger partial charge on any atom is -0.360 e. The van der Waals surface area contributed by atoms with Gasteiger partial charge in [0.05, 0.1) is 0 Å². The van der Waals surface area contributed by atoms with Crippen LogP contribution in [0.25, 0.3) is 0 Å². The molecule has 1 heterocycles. The average Bonchev–Trinajstić information content (AvgIpc) is 2.63. The molecule has 17 heavy (non-hydrogen) atoms. The Morgan fingerprint density at radius 2 is 2.12 bits per heavy atom. The topological polar surface area (TPSA) is 55.1 Å². The van der Waals surface area contributed by atoms with Gasteiger partial charge in [-0.25, -0.2) is 4.39 Å². The molecule has 0 unspecified atom stereocenters. The van der Waals surface area contributed by atoms with Crippen LogP contribution in [0.1, 0.15) is 21.7 Å². The van der Waals surface area contributed by atoms with E-state index in [9.17, 15) is 9.18 Å². The van der Waals surface area contributed by atoms with Crippen LogP contribution < -0.4 is 5.32 Å². The van der Waals surface area contributed by atoms with Crippen LogP contribution in [0.2, 0.25) is 0 Å². The number of aromatic nitrogens is 1. The van der Waals surface area contributed by atoms with E-state index in [0.29, 0.717) is 22.7 Å². The first-order chi connectivity index (χ1) is 8.06. The molecule has 0 aliphatic heterocycles. The van der Waals surface area contributed by atoms with Crippen molar-refractivity contribution >= 4 is 11.7 Å². The zero-order chi connectivity index (χ0) is 12.4. The highest BCUT2D eigenvalue weighted by atomic mass is 19.1. The summed E-state index contributed by atoms with van der Waals surface area (Å²) in [7, 11) is 0. The largest absolute Gasteiger partial charge is 0.360 e. The lowest BCUT2D eigenvalue weighted by atomic mass is 10.1. The van der Waals surface area contributed by atoms with Gasteiger partial charge in [0.2, 0.25) is 0 Å². The van der Waals surface area contributed by atoms with Crippen molar-refractivity contribution in [1.82, 2.24) is 5.16 Å². The molecule has 0 atom stereocenters. The number of amides is 1. The Labute approximate surface area is 97.4 Å². The summed E-state index contributed by atoms with van der Waals surface area (Å²) in [6.07, 6.45) is 0. The summed E-state index contributed by atoms with van der Waals surface area (Å²) < 4.78 is 17.7. The van der Waals surface area contributed by atoms with E-state index < -0.39 is 0 Å². The van der Waals surface area contributed by atoms with Gasteiger partial charge in [0, 0.05) is 11.6 Å². The lowest BCUT2D eigenvalue weighted by Crippen LogP contribution is -2.13. The van der Waals surface area contributed by atoms with Gasteiger partial charge in [0.15, 0.2) is 5.82 Å². The lowest BCUT2D eigenvalue weighted by Gasteiger charge is -2.04. The molecule has 2 aromatic rings. The molecule has 0 saturated heterocycles. The maximum atomic E-state index is 12.9. The first-order valence-electron chi connectivity index (χ1n) is 5.07. The predicted octanol–water partition coefficient (Wildman–Crippen LogP) is 2.68. The Hall–Kier alpha value is -2.17. The number of hydrogen-bond acceptors (Lipinski definition) is 3. The van der Waals surface area contributed by atoms with E-state index in [2.05, 4.69) is 10.5 Å². The predicted molar refractivity (Wildman–Crippen MR) is 60.3 cm³/mol. The maximum absolute atomic E-state index is 12.9. The van der Waals surface area contributed by atoms with Gasteiger partial charge in [-0.1, -0.05) is 5.16 Å². The van der Waals surface area contributed by atoms with Gasteiger partial charge in [0.25, 0.3) is 5.91 Å². The molecule has 4 nitrogen and oxygen atoms in total. The van der Waals surface area contributed by atoms with Crippen LogP contribution in [0.5, 0.6) is 0 Å². The van der Waals surface area contributed by atoms with Crippen LogP contribution in [-0.4, -0.2) is 11.1 Å². The third-order valence-electron chi connectivity index (χ3n) is 2.30. The number of carbonyl (C=O) groups excluding carboxylic acids is 1. The minimum absolute atomic E-state index is 0.337. The summed E-state index contributed by atoms with van der Waals surface area (Å²) >= 11 is 0. The molecule has 88 valence electrons. The van der Waals surface area contributed by atoms with Crippen molar-refractivity contribution in [2.45, 2.75) is 13.8 Å². The third kappa shape index (κ3) is 2.50. The third-order valence-corrected chi connectivity index (χ3v) is 2.30. The van der Waals surface area contributed by atoms with Gasteiger partial charge in [-0.05, 0) is 37.6 Å². The van der Waals surface area contributed by atoms with Crippen LogP contribution >= 0.6 is 0 Å². The highest BCUT2D eigenvalue weighted by molar-refractivity contribution is 6.04. The second-order valence-electron chi connectivity index (χ2n) is 3.74. The number of halogens is 1. The van der Waals surface area contributed by atoms with Gasteiger partial charge in [-0.2, -0.15) is 0 Å². The molecule has 1 aromatic carbocycles. The van der Waals surface area contributed by atoms with Crippen molar-refractivity contribution < 1.29 is 13.7 Å². The quantitative estimate of drug-likeness (QED) is 0.869. The maximum Gasteiger partial charge on any atom is 0.257 e. The second kappa shape index (κ2) is 4.37. The fourth-order valence-corrected chi connectivity index (χ4v) is 1.49. The molecular formula is C12H11FN2O2. The van der Waals surface area contributed by atoms with E-state index in [0.717, 1.165) is 0 Å². The van der Waals surface area contributed by atoms with E-state index >= 15 is 0 Å². The van der Waals surface area contributed by atoms with Crippen molar-refractivity contribution in [3.05, 3.63) is 47.0 Å². The Bertz CT molecular complexity index is 563. The van der Waals surface area contributed by atoms with E-state index in [1.165, 1.54) is 18.2 Å². The molecule has 0 aliphatic carbocycles. The Balaban J connectivity index is 2.20. The summed E-state index contributed by atoms with van der Waals surface area (Å²) in [6.45, 7) is 3.40. The normalized spacial score (nSPS) is 10.3. The van der Waals surface area contributed by atoms with Gasteiger partial charge < -0.3 is 9.84 Å². The molecule has 0 aliphatic rings. The summed E-state index contributed by atoms with van der Waals surface area (Å²) in [4.78, 5) is 11.8. The summed E-state index contributed by atoms with van der Waals surface area (Å²) in [5.74, 6) is 0.250. The SMILES string of the molecule is Cc1cc(NC(=O)c2ccc(F)cc2C)no1. The van der Waals surface area contributed by atoms with E-state index in [4.69, 9.17) is 4.52 Å². The van der Waals surface area contributed by atoms with Crippen molar-refractivity contribution in [2.75, 3.05) is 5.32 Å². The first-order valence-corrected chi connectivity index (χ1v) is 5.07. The zero-order valence-corrected chi connectivity index (χ0v) is 9.45. The molecular weight excluding hydrogens is 223 g/mol. The molecule has 2 rings (SSSR count). The number of benzene rings is 1. The highest BCUT2D eigenvalue weighted by Crippen LogP contribution is 2.13. The summed E-state index contributed by atoms with van der Waals surface area (Å²) in [5.41, 5.74) is 0.981. The number of rotatable bonds is 2. The van der Waals surface area contributed by atoms with E-state index in [1.54, 1.807) is 19.9 Å². The number of hydrogen-bond donors (Lipinski definition) is 1. The summed E-state index contributed by atoms with van der Waals surface area (Å²) in [5, 5.41) is 6.22. The number of anilines is 1. The molecule has 0 fully saturated rings. The average molecular weight is 234 g/mol. The van der Waals surface area contributed by atoms with Crippen molar-refractivity contribution in [2.24, 2.45) is 0 Å². The van der Waals surface area contributed by atoms with E-state index in [-0.39, 0.29) is 11.7 Å². The molecule has 0 saturated carbocycles. The molecule has 1 aromatic heterocycles. The molecule has 5 heteroatoms. The Kier molecular flexibility index (Phi) is 2.91. The molecule has 1 N–H and O–H groups in total. The zero-order valence-electron chi connectivity index (χ0n) is 9.45. The fourth-order valence-electron chi connectivity index (χ4n) is 1.49. The van der Waals surface area contributed by atoms with Crippen molar-refractivity contribution in [3.63, 3.8) is 0 Å². The van der Waals surface area contributed by atoms with Gasteiger partial charge in [-0.3, -0.25) is 4.79 Å². The second-order valence-corrected chi connectivity index (χ2v) is 3.74. The van der Waals surface area contributed by atoms with Crippen molar-refractivity contribution in [1.29, 1.82) is 0 Å². The van der Waals surface area contributed by atoms with Crippen LogP contribution in [0, 0.1) is 19.7 Å². The molecule has 1 amide bonds. The minimum atomic E-state index is -0.365. The Morgan fingerprint density at radius 1 is 1.35 bits per heavy atom. The summed E-state index contributed by atoms with van der Waals surface area (Å²) in [6, 6.07) is 5.60. The monoisotopic (exact) mass is 234 g/mol. The van der Waals surface area contributed by atoms with E-state index in [1.807, 2.05) is 0 Å². The van der Waals surface area contributed by atoms with Crippen LogP contribution in [0.4, 0.5) is 10.2 Å². The molecule has 0 bridgehead atoms. The smallest absolute Gasteiger partial charge is 0.257 e. The Morgan fingerprint density at radius 3 is 2.71 bits per heavy atom. The van der Waals surface area contributed by atoms with Gasteiger partial charge >= 0.3 is 0 Å². The molecule has 0 spiro atoms. The lowest BCUT2D eigenvalue weighted by molar-refractivity contribution is 0.102. The number of aryl methyl sites for hydroxylation is 2. The van der Waals surface area contributed by atoms with Crippen molar-refractivity contribution in [3.8, 4) is 0 Å². The first kappa shape index (κ1) is 11.3. The van der Waals surface area contributed by atoms with Crippen LogP contribution in [-0.2, 0) is 0 Å². The fraction of sp³-hybridized carbons (Fsp3) is 0.167. The number of nitrogens with one attached hydrogen (secondary N) is 1. The van der Waals surface area contributed by atoms with Crippen LogP contribution in [0.3, 0.4) is 0 Å². The molecule has 0 radical (unpaired) electrons.